The number of aryl methyl sites for hydroxylation is 2. The number of benzene rings is 1. The zero-order valence-electron chi connectivity index (χ0n) is 17.2. The Bertz CT molecular complexity index is 901. The third-order valence-corrected chi connectivity index (χ3v) is 6.20. The molecule has 0 saturated carbocycles. The number of rotatable bonds is 11. The van der Waals surface area contributed by atoms with E-state index in [2.05, 4.69) is 10.4 Å². The van der Waals surface area contributed by atoms with Crippen molar-refractivity contribution in [1.29, 1.82) is 0 Å². The molecule has 160 valence electrons. The van der Waals surface area contributed by atoms with Gasteiger partial charge in [-0.25, -0.2) is 13.1 Å². The van der Waals surface area contributed by atoms with Gasteiger partial charge in [-0.2, -0.15) is 9.40 Å². The zero-order chi connectivity index (χ0) is 21.4. The fraction of sp³-hybridized carbons (Fsp3) is 0.474. The van der Waals surface area contributed by atoms with Crippen LogP contribution in [0, 0.1) is 6.92 Å². The minimum atomic E-state index is -3.73. The summed E-state index contributed by atoms with van der Waals surface area (Å²) < 4.78 is 38.8. The molecule has 0 fully saturated rings. The maximum Gasteiger partial charge on any atom is 0.256 e. The van der Waals surface area contributed by atoms with Gasteiger partial charge in [-0.1, -0.05) is 0 Å². The number of amides is 1. The van der Waals surface area contributed by atoms with Gasteiger partial charge in [0, 0.05) is 45.5 Å². The van der Waals surface area contributed by atoms with E-state index in [1.165, 1.54) is 42.8 Å². The molecule has 1 aromatic heterocycles. The highest BCUT2D eigenvalue weighted by atomic mass is 32.2. The van der Waals surface area contributed by atoms with Crippen LogP contribution in [0.5, 0.6) is 0 Å². The van der Waals surface area contributed by atoms with Crippen molar-refractivity contribution in [2.45, 2.75) is 25.3 Å². The maximum atomic E-state index is 12.9. The number of aromatic nitrogens is 2. The summed E-state index contributed by atoms with van der Waals surface area (Å²) in [4.78, 5) is 12.6. The number of carbonyl (C=O) groups is 1. The number of carbonyl (C=O) groups excluding carboxylic acids is 1. The van der Waals surface area contributed by atoms with Crippen LogP contribution in [0.25, 0.3) is 0 Å². The number of nitrogens with one attached hydrogen (secondary N) is 1. The maximum absolute atomic E-state index is 12.9. The van der Waals surface area contributed by atoms with Crippen molar-refractivity contribution < 1.29 is 22.7 Å². The molecule has 1 aromatic carbocycles. The molecule has 2 aromatic rings. The minimum Gasteiger partial charge on any atom is -0.383 e. The third kappa shape index (κ3) is 5.86. The van der Waals surface area contributed by atoms with Crippen LogP contribution >= 0.6 is 0 Å². The molecule has 29 heavy (non-hydrogen) atoms. The Kier molecular flexibility index (Phi) is 8.32. The van der Waals surface area contributed by atoms with Gasteiger partial charge in [-0.15, -0.1) is 0 Å². The molecule has 0 aliphatic carbocycles. The molecule has 1 amide bonds. The van der Waals surface area contributed by atoms with Crippen LogP contribution in [-0.2, 0) is 26.0 Å². The van der Waals surface area contributed by atoms with Crippen LogP contribution in [0.3, 0.4) is 0 Å². The molecule has 9 nitrogen and oxygen atoms in total. The van der Waals surface area contributed by atoms with E-state index in [4.69, 9.17) is 9.47 Å². The topological polar surface area (TPSA) is 103 Å². The summed E-state index contributed by atoms with van der Waals surface area (Å²) in [6, 6.07) is 7.63. The summed E-state index contributed by atoms with van der Waals surface area (Å²) >= 11 is 0. The number of hydrogen-bond donors (Lipinski definition) is 1. The molecule has 10 heteroatoms. The highest BCUT2D eigenvalue weighted by Crippen LogP contribution is 2.18. The van der Waals surface area contributed by atoms with E-state index < -0.39 is 10.0 Å². The summed E-state index contributed by atoms with van der Waals surface area (Å²) in [7, 11) is -0.698. The normalized spacial score (nSPS) is 11.8. The van der Waals surface area contributed by atoms with Crippen LogP contribution < -0.4 is 5.32 Å². The molecule has 1 N–H and O–H groups in total. The second kappa shape index (κ2) is 10.5. The van der Waals surface area contributed by atoms with E-state index in [0.717, 1.165) is 5.69 Å². The largest absolute Gasteiger partial charge is 0.383 e. The van der Waals surface area contributed by atoms with Gasteiger partial charge >= 0.3 is 0 Å². The van der Waals surface area contributed by atoms with E-state index in [-0.39, 0.29) is 37.1 Å². The van der Waals surface area contributed by atoms with Gasteiger partial charge in [0.1, 0.15) is 5.82 Å². The van der Waals surface area contributed by atoms with E-state index in [9.17, 15) is 13.2 Å². The molecule has 0 spiro atoms. The lowest BCUT2D eigenvalue weighted by atomic mass is 10.2. The van der Waals surface area contributed by atoms with E-state index in [0.29, 0.717) is 17.9 Å². The van der Waals surface area contributed by atoms with Gasteiger partial charge in [0.25, 0.3) is 5.91 Å². The average Bonchev–Trinajstić information content (AvgIpc) is 3.07. The molecule has 0 bridgehead atoms. The molecule has 0 aliphatic rings. The second-order valence-electron chi connectivity index (χ2n) is 6.35. The Balaban J connectivity index is 2.17. The fourth-order valence-corrected chi connectivity index (χ4v) is 4.15. The highest BCUT2D eigenvalue weighted by molar-refractivity contribution is 7.89. The number of sulfonamides is 1. The quantitative estimate of drug-likeness (QED) is 0.590. The first-order valence-electron chi connectivity index (χ1n) is 9.27. The summed E-state index contributed by atoms with van der Waals surface area (Å²) in [5.74, 6) is 0.260. The Morgan fingerprint density at radius 1 is 1.14 bits per heavy atom. The number of nitrogens with zero attached hydrogens (tertiary/aromatic N) is 3. The van der Waals surface area contributed by atoms with Crippen molar-refractivity contribution >= 4 is 21.7 Å². The van der Waals surface area contributed by atoms with E-state index >= 15 is 0 Å². The van der Waals surface area contributed by atoms with Crippen molar-refractivity contribution in [3.63, 3.8) is 0 Å². The van der Waals surface area contributed by atoms with Crippen LogP contribution in [0.2, 0.25) is 0 Å². The number of anilines is 1. The lowest BCUT2D eigenvalue weighted by molar-refractivity contribution is 0.102. The van der Waals surface area contributed by atoms with Crippen molar-refractivity contribution in [3.05, 3.63) is 41.6 Å². The number of methoxy groups -OCH3 is 2. The molecule has 2 rings (SSSR count). The molecule has 0 unspecified atom stereocenters. The molecular weight excluding hydrogens is 396 g/mol. The Labute approximate surface area is 171 Å². The molecule has 0 atom stereocenters. The van der Waals surface area contributed by atoms with Gasteiger partial charge in [0.2, 0.25) is 10.0 Å². The fourth-order valence-electron chi connectivity index (χ4n) is 2.74. The lowest BCUT2D eigenvalue weighted by Gasteiger charge is -2.21. The predicted octanol–water partition coefficient (Wildman–Crippen LogP) is 1.75. The Morgan fingerprint density at radius 3 is 2.24 bits per heavy atom. The summed E-state index contributed by atoms with van der Waals surface area (Å²) in [5.41, 5.74) is 1.15. The zero-order valence-corrected chi connectivity index (χ0v) is 18.0. The second-order valence-corrected chi connectivity index (χ2v) is 8.29. The predicted molar refractivity (Wildman–Crippen MR) is 110 cm³/mol. The van der Waals surface area contributed by atoms with E-state index in [1.807, 2.05) is 13.8 Å². The summed E-state index contributed by atoms with van der Waals surface area (Å²) in [6.07, 6.45) is 0. The molecular formula is C19H28N4O5S. The van der Waals surface area contributed by atoms with Crippen molar-refractivity contribution in [3.8, 4) is 0 Å². The monoisotopic (exact) mass is 424 g/mol. The van der Waals surface area contributed by atoms with Gasteiger partial charge < -0.3 is 14.8 Å². The van der Waals surface area contributed by atoms with Crippen LogP contribution in [0.4, 0.5) is 5.82 Å². The molecule has 0 saturated heterocycles. The third-order valence-electron chi connectivity index (χ3n) is 4.29. The highest BCUT2D eigenvalue weighted by Gasteiger charge is 2.24. The lowest BCUT2D eigenvalue weighted by Crippen LogP contribution is -2.36. The van der Waals surface area contributed by atoms with Crippen molar-refractivity contribution in [1.82, 2.24) is 14.1 Å². The SMILES string of the molecule is CCn1nc(C)cc1NC(=O)c1ccc(S(=O)(=O)N(CCOC)CCOC)cc1. The molecule has 0 aliphatic heterocycles. The molecule has 0 radical (unpaired) electrons. The number of hydrogen-bond acceptors (Lipinski definition) is 6. The standard InChI is InChI=1S/C19H28N4O5S/c1-5-23-18(14-15(2)21-23)20-19(24)16-6-8-17(9-7-16)29(25,26)22(10-12-27-3)11-13-28-4/h6-9,14H,5,10-13H2,1-4H3,(H,20,24). The van der Waals surface area contributed by atoms with E-state index in [1.54, 1.807) is 10.7 Å². The van der Waals surface area contributed by atoms with Crippen LogP contribution in [-0.4, -0.2) is 68.9 Å². The summed E-state index contributed by atoms with van der Waals surface area (Å²) in [6.45, 7) is 5.37. The van der Waals surface area contributed by atoms with Crippen molar-refractivity contribution in [2.75, 3.05) is 45.8 Å². The first-order valence-corrected chi connectivity index (χ1v) is 10.7. The van der Waals surface area contributed by atoms with Gasteiger partial charge in [-0.05, 0) is 38.1 Å². The first kappa shape index (κ1) is 23.0. The summed E-state index contributed by atoms with van der Waals surface area (Å²) in [5, 5.41) is 7.09. The minimum absolute atomic E-state index is 0.107. The number of ether oxygens (including phenoxy) is 2. The van der Waals surface area contributed by atoms with Gasteiger partial charge in [0.05, 0.1) is 23.8 Å². The Hall–Kier alpha value is -2.27. The Morgan fingerprint density at radius 2 is 1.72 bits per heavy atom. The average molecular weight is 425 g/mol. The van der Waals surface area contributed by atoms with Crippen molar-refractivity contribution in [2.24, 2.45) is 0 Å². The van der Waals surface area contributed by atoms with Gasteiger partial charge in [0.15, 0.2) is 0 Å². The van der Waals surface area contributed by atoms with Crippen LogP contribution in [0.15, 0.2) is 35.2 Å². The van der Waals surface area contributed by atoms with Crippen LogP contribution in [0.1, 0.15) is 23.0 Å². The van der Waals surface area contributed by atoms with Gasteiger partial charge in [-0.3, -0.25) is 4.79 Å². The first-order chi connectivity index (χ1) is 13.8. The molecule has 1 heterocycles. The smallest absolute Gasteiger partial charge is 0.256 e.